The smallest absolute Gasteiger partial charge is 0.299 e. The number of alkyl halides is 2. The van der Waals surface area contributed by atoms with E-state index in [1.54, 1.807) is 0 Å². The molecule has 2 rings (SSSR count). The molecule has 1 atom stereocenters. The van der Waals surface area contributed by atoms with Gasteiger partial charge in [-0.2, -0.15) is 8.78 Å². The summed E-state index contributed by atoms with van der Waals surface area (Å²) in [4.78, 5) is 13.4. The number of halogens is 2. The van der Waals surface area contributed by atoms with Crippen molar-refractivity contribution in [3.8, 4) is 0 Å². The van der Waals surface area contributed by atoms with Gasteiger partial charge in [0, 0.05) is 0 Å². The van der Waals surface area contributed by atoms with Crippen molar-refractivity contribution in [1.29, 1.82) is 0 Å². The molecule has 0 unspecified atom stereocenters. The number of amides is 1. The molecule has 6 nitrogen and oxygen atoms in total. The zero-order valence-corrected chi connectivity index (χ0v) is 12.7. The Bertz CT molecular complexity index is 634. The maximum atomic E-state index is 12.4. The summed E-state index contributed by atoms with van der Waals surface area (Å²) in [7, 11) is -2.74. The molecule has 1 saturated heterocycles. The number of likely N-dealkylation sites (N-methyl/N-ethyl adjacent to an activating group) is 1. The lowest BCUT2D eigenvalue weighted by atomic mass is 10.2. The van der Waals surface area contributed by atoms with Gasteiger partial charge >= 0.3 is 5.76 Å². The lowest BCUT2D eigenvalue weighted by molar-refractivity contribution is -0.124. The summed E-state index contributed by atoms with van der Waals surface area (Å²) in [6.07, 6.45) is 1.73. The lowest BCUT2D eigenvalue weighted by Crippen LogP contribution is -2.43. The van der Waals surface area contributed by atoms with Crippen LogP contribution in [0, 0.1) is 0 Å². The molecule has 1 aromatic carbocycles. The van der Waals surface area contributed by atoms with Gasteiger partial charge in [0.25, 0.3) is 5.91 Å². The third kappa shape index (κ3) is 3.53. The van der Waals surface area contributed by atoms with Crippen molar-refractivity contribution in [3.05, 3.63) is 24.3 Å². The van der Waals surface area contributed by atoms with Crippen LogP contribution < -0.4 is 10.9 Å². The molecule has 1 amide bonds. The van der Waals surface area contributed by atoms with Crippen LogP contribution in [0.1, 0.15) is 12.8 Å². The Labute approximate surface area is 127 Å². The molecule has 0 radical (unpaired) electrons. The van der Waals surface area contributed by atoms with E-state index in [1.165, 1.54) is 12.1 Å². The Kier molecular flexibility index (Phi) is 4.97. The van der Waals surface area contributed by atoms with Gasteiger partial charge in [-0.3, -0.25) is 20.5 Å². The van der Waals surface area contributed by atoms with Crippen LogP contribution in [0.15, 0.2) is 29.2 Å². The number of benzene rings is 1. The van der Waals surface area contributed by atoms with Gasteiger partial charge in [0.1, 0.15) is 0 Å². The minimum atomic E-state index is -4.60. The van der Waals surface area contributed by atoms with E-state index < -0.39 is 20.5 Å². The molecule has 2 N–H and O–H groups in total. The molecular formula is C13H17F2N3O3S. The van der Waals surface area contributed by atoms with Gasteiger partial charge in [-0.1, -0.05) is 0 Å². The Morgan fingerprint density at radius 2 is 1.95 bits per heavy atom. The number of carbonyl (C=O) groups is 1. The van der Waals surface area contributed by atoms with Crippen LogP contribution >= 0.6 is 0 Å². The second kappa shape index (κ2) is 6.57. The first-order valence-electron chi connectivity index (χ1n) is 6.70. The van der Waals surface area contributed by atoms with Gasteiger partial charge < -0.3 is 0 Å². The molecule has 1 heterocycles. The third-order valence-corrected chi connectivity index (χ3v) is 4.97. The number of anilines is 1. The fourth-order valence-electron chi connectivity index (χ4n) is 2.29. The van der Waals surface area contributed by atoms with Crippen molar-refractivity contribution in [2.24, 2.45) is 0 Å². The van der Waals surface area contributed by atoms with Gasteiger partial charge in [-0.05, 0) is 50.7 Å². The van der Waals surface area contributed by atoms with Gasteiger partial charge in [-0.25, -0.2) is 8.42 Å². The summed E-state index contributed by atoms with van der Waals surface area (Å²) in [5, 5.41) is 0. The van der Waals surface area contributed by atoms with Crippen LogP contribution in [-0.4, -0.2) is 44.6 Å². The average molecular weight is 333 g/mol. The highest BCUT2D eigenvalue weighted by atomic mass is 32.2. The van der Waals surface area contributed by atoms with E-state index in [1.807, 2.05) is 11.9 Å². The van der Waals surface area contributed by atoms with Crippen LogP contribution in [0.3, 0.4) is 0 Å². The van der Waals surface area contributed by atoms with Crippen molar-refractivity contribution in [3.63, 3.8) is 0 Å². The van der Waals surface area contributed by atoms with E-state index in [0.717, 1.165) is 31.5 Å². The van der Waals surface area contributed by atoms with Gasteiger partial charge in [0.15, 0.2) is 0 Å². The largest absolute Gasteiger partial charge is 0.341 e. The Balaban J connectivity index is 1.96. The highest BCUT2D eigenvalue weighted by Crippen LogP contribution is 2.20. The van der Waals surface area contributed by atoms with Crippen molar-refractivity contribution < 1.29 is 22.0 Å². The van der Waals surface area contributed by atoms with Crippen molar-refractivity contribution >= 4 is 21.4 Å². The summed E-state index contributed by atoms with van der Waals surface area (Å²) in [5.41, 5.74) is 5.57. The number of rotatable bonds is 5. The monoisotopic (exact) mass is 333 g/mol. The molecule has 1 aliphatic rings. The molecule has 0 aliphatic carbocycles. The lowest BCUT2D eigenvalue weighted by Gasteiger charge is -2.19. The van der Waals surface area contributed by atoms with Crippen molar-refractivity contribution in [2.75, 3.05) is 19.0 Å². The molecule has 0 aromatic heterocycles. The number of carbonyl (C=O) groups excluding carboxylic acids is 1. The first kappa shape index (κ1) is 16.6. The van der Waals surface area contributed by atoms with E-state index in [4.69, 9.17) is 0 Å². The molecule has 22 heavy (non-hydrogen) atoms. The average Bonchev–Trinajstić information content (AvgIpc) is 2.91. The number of sulfone groups is 1. The molecule has 1 fully saturated rings. The van der Waals surface area contributed by atoms with Crippen molar-refractivity contribution in [1.82, 2.24) is 10.3 Å². The molecule has 0 bridgehead atoms. The quantitative estimate of drug-likeness (QED) is 0.792. The maximum Gasteiger partial charge on any atom is 0.341 e. The van der Waals surface area contributed by atoms with E-state index in [9.17, 15) is 22.0 Å². The molecule has 0 spiro atoms. The van der Waals surface area contributed by atoms with Gasteiger partial charge in [0.2, 0.25) is 9.84 Å². The number of nitrogens with one attached hydrogen (secondary N) is 2. The zero-order valence-electron chi connectivity index (χ0n) is 11.9. The molecule has 122 valence electrons. The fraction of sp³-hybridized carbons (Fsp3) is 0.462. The number of hydrogen-bond acceptors (Lipinski definition) is 5. The number of hydrazine groups is 1. The normalized spacial score (nSPS) is 19.4. The van der Waals surface area contributed by atoms with Gasteiger partial charge in [-0.15, -0.1) is 0 Å². The Morgan fingerprint density at radius 1 is 1.32 bits per heavy atom. The maximum absolute atomic E-state index is 12.4. The molecule has 9 heteroatoms. The van der Waals surface area contributed by atoms with Gasteiger partial charge in [0.05, 0.1) is 16.6 Å². The Hall–Kier alpha value is -1.74. The summed E-state index contributed by atoms with van der Waals surface area (Å²) < 4.78 is 47.3. The van der Waals surface area contributed by atoms with Crippen LogP contribution in [0.4, 0.5) is 14.5 Å². The first-order chi connectivity index (χ1) is 10.3. The van der Waals surface area contributed by atoms with E-state index in [0.29, 0.717) is 5.69 Å². The summed E-state index contributed by atoms with van der Waals surface area (Å²) in [6.45, 7) is 0.859. The fourth-order valence-corrected chi connectivity index (χ4v) is 3.01. The second-order valence-corrected chi connectivity index (χ2v) is 7.00. The van der Waals surface area contributed by atoms with Crippen LogP contribution in [0.2, 0.25) is 0 Å². The molecular weight excluding hydrogens is 316 g/mol. The number of hydrogen-bond donors (Lipinski definition) is 2. The summed E-state index contributed by atoms with van der Waals surface area (Å²) in [5.74, 6) is -3.65. The SMILES string of the molecule is CN1CCC[C@H]1C(=O)NNc1ccc(S(=O)(=O)C(F)F)cc1. The highest BCUT2D eigenvalue weighted by molar-refractivity contribution is 7.91. The zero-order chi connectivity index (χ0) is 16.3. The number of likely N-dealkylation sites (tertiary alicyclic amines) is 1. The van der Waals surface area contributed by atoms with E-state index in [2.05, 4.69) is 10.9 Å². The van der Waals surface area contributed by atoms with Crippen LogP contribution in [-0.2, 0) is 14.6 Å². The molecule has 1 aromatic rings. The van der Waals surface area contributed by atoms with Crippen LogP contribution in [0.5, 0.6) is 0 Å². The van der Waals surface area contributed by atoms with E-state index in [-0.39, 0.29) is 11.9 Å². The third-order valence-electron chi connectivity index (χ3n) is 3.57. The predicted molar refractivity (Wildman–Crippen MR) is 77.0 cm³/mol. The van der Waals surface area contributed by atoms with E-state index >= 15 is 0 Å². The topological polar surface area (TPSA) is 78.5 Å². The minimum Gasteiger partial charge on any atom is -0.299 e. The second-order valence-electron chi connectivity index (χ2n) is 5.08. The highest BCUT2D eigenvalue weighted by Gasteiger charge is 2.28. The molecule has 0 saturated carbocycles. The van der Waals surface area contributed by atoms with Crippen LogP contribution in [0.25, 0.3) is 0 Å². The minimum absolute atomic E-state index is 0.190. The summed E-state index contributed by atoms with van der Waals surface area (Å²) >= 11 is 0. The first-order valence-corrected chi connectivity index (χ1v) is 8.25. The van der Waals surface area contributed by atoms with Crippen molar-refractivity contribution in [2.45, 2.75) is 29.5 Å². The number of nitrogens with zero attached hydrogens (tertiary/aromatic N) is 1. The summed E-state index contributed by atoms with van der Waals surface area (Å²) in [6, 6.07) is 4.56. The Morgan fingerprint density at radius 3 is 2.45 bits per heavy atom. The molecule has 1 aliphatic heterocycles. The standard InChI is InChI=1S/C13H17F2N3O3S/c1-18-8-2-3-11(18)12(19)17-16-9-4-6-10(7-5-9)22(20,21)13(14)15/h4-7,11,13,16H,2-3,8H2,1H3,(H,17,19)/t11-/m0/s1. The predicted octanol–water partition coefficient (Wildman–Crippen LogP) is 1.22.